The van der Waals surface area contributed by atoms with Crippen molar-refractivity contribution in [1.29, 1.82) is 0 Å². The van der Waals surface area contributed by atoms with Crippen LogP contribution in [0.3, 0.4) is 0 Å². The van der Waals surface area contributed by atoms with Crippen molar-refractivity contribution in [1.82, 2.24) is 9.88 Å². The number of hydrogen-bond acceptors (Lipinski definition) is 5. The lowest BCUT2D eigenvalue weighted by Crippen LogP contribution is -2.37. The lowest BCUT2D eigenvalue weighted by atomic mass is 10.0. The monoisotopic (exact) mass is 368 g/mol. The summed E-state index contributed by atoms with van der Waals surface area (Å²) >= 11 is 0. The predicted octanol–water partition coefficient (Wildman–Crippen LogP) is 0.514. The Morgan fingerprint density at radius 3 is 2.74 bits per heavy atom. The van der Waals surface area contributed by atoms with E-state index in [1.54, 1.807) is 7.05 Å². The number of nitrogen functional groups attached to an aromatic ring is 1. The highest BCUT2D eigenvalue weighted by Gasteiger charge is 2.42. The first-order valence-corrected chi connectivity index (χ1v) is 8.08. The first-order valence-electron chi connectivity index (χ1n) is 8.08. The number of anilines is 1. The molecule has 1 unspecified atom stereocenters. The van der Waals surface area contributed by atoms with Crippen LogP contribution in [0.25, 0.3) is 11.3 Å². The fourth-order valence-electron chi connectivity index (χ4n) is 2.76. The number of amides is 2. The van der Waals surface area contributed by atoms with Gasteiger partial charge in [0.1, 0.15) is 5.82 Å². The Morgan fingerprint density at radius 2 is 2.11 bits per heavy atom. The topological polar surface area (TPSA) is 123 Å². The van der Waals surface area contributed by atoms with E-state index < -0.39 is 23.2 Å². The second-order valence-corrected chi connectivity index (χ2v) is 6.28. The van der Waals surface area contributed by atoms with E-state index in [0.717, 1.165) is 0 Å². The number of likely N-dealkylation sites (tertiary alicyclic amines) is 1. The van der Waals surface area contributed by atoms with Gasteiger partial charge in [0, 0.05) is 31.1 Å². The van der Waals surface area contributed by atoms with E-state index in [1.165, 1.54) is 35.2 Å². The summed E-state index contributed by atoms with van der Waals surface area (Å²) in [7, 11) is 1.58. The quantitative estimate of drug-likeness (QED) is 0.667. The van der Waals surface area contributed by atoms with Crippen molar-refractivity contribution >= 4 is 17.5 Å². The number of carbonyl (C=O) groups is 2. The Kier molecular flexibility index (Phi) is 4.56. The molecule has 0 spiro atoms. The number of aliphatic hydroxyl groups is 1. The molecule has 1 aliphatic heterocycles. The maximum absolute atomic E-state index is 14.3. The second-order valence-electron chi connectivity index (χ2n) is 6.28. The van der Waals surface area contributed by atoms with Crippen LogP contribution in [0.1, 0.15) is 22.5 Å². The molecule has 7 nitrogen and oxygen atoms in total. The SMILES string of the molecule is CN1CCC(O)(C#Cc2ccc(F)c(-c3ccc(N)c(C(N)=O)n3)c2)C1=O. The average Bonchev–Trinajstić information content (AvgIpc) is 2.89. The Labute approximate surface area is 154 Å². The molecule has 1 fully saturated rings. The molecule has 1 atom stereocenters. The first kappa shape index (κ1) is 18.4. The summed E-state index contributed by atoms with van der Waals surface area (Å²) in [5.41, 5.74) is 9.69. The summed E-state index contributed by atoms with van der Waals surface area (Å²) in [6, 6.07) is 6.90. The van der Waals surface area contributed by atoms with Gasteiger partial charge < -0.3 is 21.5 Å². The minimum absolute atomic E-state index is 0.0890. The van der Waals surface area contributed by atoms with Gasteiger partial charge in [-0.3, -0.25) is 9.59 Å². The van der Waals surface area contributed by atoms with Crippen LogP contribution in [0.15, 0.2) is 30.3 Å². The molecule has 2 amide bonds. The van der Waals surface area contributed by atoms with E-state index in [0.29, 0.717) is 12.1 Å². The minimum Gasteiger partial charge on any atom is -0.397 e. The van der Waals surface area contributed by atoms with Gasteiger partial charge >= 0.3 is 0 Å². The molecule has 1 saturated heterocycles. The molecule has 2 aromatic rings. The Morgan fingerprint density at radius 1 is 1.37 bits per heavy atom. The average molecular weight is 368 g/mol. The van der Waals surface area contributed by atoms with E-state index in [2.05, 4.69) is 16.8 Å². The van der Waals surface area contributed by atoms with Gasteiger partial charge in [-0.2, -0.15) is 0 Å². The zero-order valence-electron chi connectivity index (χ0n) is 14.5. The minimum atomic E-state index is -1.75. The van der Waals surface area contributed by atoms with Gasteiger partial charge in [0.25, 0.3) is 11.8 Å². The number of pyridine rings is 1. The van der Waals surface area contributed by atoms with Gasteiger partial charge in [-0.05, 0) is 30.3 Å². The van der Waals surface area contributed by atoms with Gasteiger partial charge in [0.05, 0.1) is 11.4 Å². The van der Waals surface area contributed by atoms with Crippen LogP contribution in [0, 0.1) is 17.7 Å². The number of carbonyl (C=O) groups excluding carboxylic acids is 2. The van der Waals surface area contributed by atoms with Crippen molar-refractivity contribution in [2.75, 3.05) is 19.3 Å². The number of aromatic nitrogens is 1. The van der Waals surface area contributed by atoms with E-state index in [9.17, 15) is 19.1 Å². The van der Waals surface area contributed by atoms with Crippen LogP contribution in [0.5, 0.6) is 0 Å². The fourth-order valence-corrected chi connectivity index (χ4v) is 2.76. The third-order valence-corrected chi connectivity index (χ3v) is 4.33. The van der Waals surface area contributed by atoms with Crippen LogP contribution in [-0.2, 0) is 4.79 Å². The van der Waals surface area contributed by atoms with Crippen LogP contribution in [0.2, 0.25) is 0 Å². The van der Waals surface area contributed by atoms with Gasteiger partial charge in [0.2, 0.25) is 5.60 Å². The molecule has 0 bridgehead atoms. The zero-order valence-corrected chi connectivity index (χ0v) is 14.5. The van der Waals surface area contributed by atoms with Crippen LogP contribution < -0.4 is 11.5 Å². The molecular formula is C19H17FN4O3. The van der Waals surface area contributed by atoms with E-state index in [-0.39, 0.29) is 29.1 Å². The summed E-state index contributed by atoms with van der Waals surface area (Å²) < 4.78 is 14.3. The largest absolute Gasteiger partial charge is 0.397 e. The van der Waals surface area contributed by atoms with Crippen LogP contribution >= 0.6 is 0 Å². The highest BCUT2D eigenvalue weighted by Crippen LogP contribution is 2.25. The number of primary amides is 1. The molecule has 1 aromatic heterocycles. The number of nitrogens with zero attached hydrogens (tertiary/aromatic N) is 2. The summed E-state index contributed by atoms with van der Waals surface area (Å²) in [6.07, 6.45) is 0.199. The van der Waals surface area contributed by atoms with Crippen LogP contribution in [0.4, 0.5) is 10.1 Å². The normalized spacial score (nSPS) is 18.9. The van der Waals surface area contributed by atoms with Crippen molar-refractivity contribution in [3.8, 4) is 23.1 Å². The third kappa shape index (κ3) is 3.45. The summed E-state index contributed by atoms with van der Waals surface area (Å²) in [5.74, 6) is 3.40. The smallest absolute Gasteiger partial charge is 0.269 e. The molecule has 5 N–H and O–H groups in total. The van der Waals surface area contributed by atoms with Crippen molar-refractivity contribution < 1.29 is 19.1 Å². The highest BCUT2D eigenvalue weighted by atomic mass is 19.1. The van der Waals surface area contributed by atoms with Gasteiger partial charge in [-0.15, -0.1) is 0 Å². The predicted molar refractivity (Wildman–Crippen MR) is 96.6 cm³/mol. The van der Waals surface area contributed by atoms with E-state index >= 15 is 0 Å². The molecule has 1 aliphatic rings. The molecule has 1 aromatic carbocycles. The number of rotatable bonds is 2. The Hall–Kier alpha value is -3.44. The molecule has 138 valence electrons. The van der Waals surface area contributed by atoms with E-state index in [4.69, 9.17) is 11.5 Å². The molecule has 3 rings (SSSR count). The summed E-state index contributed by atoms with van der Waals surface area (Å²) in [5, 5.41) is 10.3. The molecule has 0 aliphatic carbocycles. The maximum Gasteiger partial charge on any atom is 0.269 e. The number of nitrogens with two attached hydrogens (primary N) is 2. The van der Waals surface area contributed by atoms with Crippen molar-refractivity contribution in [3.63, 3.8) is 0 Å². The number of hydrogen-bond donors (Lipinski definition) is 3. The molecule has 8 heteroatoms. The second kappa shape index (κ2) is 6.70. The molecule has 27 heavy (non-hydrogen) atoms. The van der Waals surface area contributed by atoms with Gasteiger partial charge in [-0.25, -0.2) is 9.37 Å². The van der Waals surface area contributed by atoms with Crippen LogP contribution in [-0.4, -0.2) is 46.0 Å². The van der Waals surface area contributed by atoms with E-state index in [1.807, 2.05) is 0 Å². The number of halogens is 1. The van der Waals surface area contributed by atoms with Crippen molar-refractivity contribution in [2.45, 2.75) is 12.0 Å². The summed E-state index contributed by atoms with van der Waals surface area (Å²) in [6.45, 7) is 0.407. The standard InChI is InChI=1S/C19H17FN4O3/c1-24-9-8-19(27,18(24)26)7-6-11-2-3-13(20)12(10-11)15-5-4-14(21)16(23-15)17(22)25/h2-5,10,27H,8-9,21H2,1H3,(H2,22,25). The molecule has 0 saturated carbocycles. The zero-order chi connectivity index (χ0) is 19.8. The first-order chi connectivity index (χ1) is 12.7. The number of likely N-dealkylation sites (N-methyl/N-ethyl adjacent to an activating group) is 1. The molecular weight excluding hydrogens is 351 g/mol. The lowest BCUT2D eigenvalue weighted by Gasteiger charge is -2.13. The number of benzene rings is 1. The molecule has 2 heterocycles. The molecule has 0 radical (unpaired) electrons. The summed E-state index contributed by atoms with van der Waals surface area (Å²) in [4.78, 5) is 28.8. The fraction of sp³-hybridized carbons (Fsp3) is 0.211. The highest BCUT2D eigenvalue weighted by molar-refractivity contribution is 5.96. The van der Waals surface area contributed by atoms with Gasteiger partial charge in [-0.1, -0.05) is 11.8 Å². The Balaban J connectivity index is 2.00. The lowest BCUT2D eigenvalue weighted by molar-refractivity contribution is -0.137. The van der Waals surface area contributed by atoms with Crippen molar-refractivity contribution in [3.05, 3.63) is 47.4 Å². The van der Waals surface area contributed by atoms with Crippen molar-refractivity contribution in [2.24, 2.45) is 5.73 Å². The Bertz CT molecular complexity index is 1010. The maximum atomic E-state index is 14.3. The third-order valence-electron chi connectivity index (χ3n) is 4.33. The van der Waals surface area contributed by atoms with Gasteiger partial charge in [0.15, 0.2) is 5.69 Å².